The van der Waals surface area contributed by atoms with Gasteiger partial charge in [-0.3, -0.25) is 0 Å². The molecule has 0 bridgehead atoms. The average molecular weight is 373 g/mol. The van der Waals surface area contributed by atoms with E-state index in [0.717, 1.165) is 0 Å². The number of carbonyl (C=O) groups is 1. The first-order valence-corrected chi connectivity index (χ1v) is 9.09. The monoisotopic (exact) mass is 373 g/mol. The van der Waals surface area contributed by atoms with Crippen molar-refractivity contribution < 1.29 is 22.7 Å². The molecule has 0 aromatic heterocycles. The van der Waals surface area contributed by atoms with Crippen LogP contribution in [-0.4, -0.2) is 28.6 Å². The van der Waals surface area contributed by atoms with Crippen molar-refractivity contribution in [1.82, 2.24) is 0 Å². The van der Waals surface area contributed by atoms with Gasteiger partial charge in [-0.25, -0.2) is 13.2 Å². The molecule has 0 radical (unpaired) electrons. The SMILES string of the molecule is C#CCc1cc(C(=O)OC)c(S(=O)(=O)c2ccc(OC)cc2)c(C)c1N. The fourth-order valence-electron chi connectivity index (χ4n) is 2.62. The van der Waals surface area contributed by atoms with E-state index in [4.69, 9.17) is 21.6 Å². The zero-order chi connectivity index (χ0) is 19.5. The van der Waals surface area contributed by atoms with Gasteiger partial charge in [0.2, 0.25) is 9.84 Å². The smallest absolute Gasteiger partial charge is 0.339 e. The van der Waals surface area contributed by atoms with E-state index in [1.807, 2.05) is 0 Å². The van der Waals surface area contributed by atoms with E-state index in [-0.39, 0.29) is 33.0 Å². The molecule has 2 aromatic carbocycles. The van der Waals surface area contributed by atoms with Crippen LogP contribution in [0.15, 0.2) is 40.1 Å². The normalized spacial score (nSPS) is 10.8. The van der Waals surface area contributed by atoms with E-state index < -0.39 is 15.8 Å². The molecule has 0 heterocycles. The minimum absolute atomic E-state index is 0.00986. The van der Waals surface area contributed by atoms with Gasteiger partial charge in [-0.1, -0.05) is 0 Å². The number of carbonyl (C=O) groups excluding carboxylic acids is 1. The molecular weight excluding hydrogens is 354 g/mol. The van der Waals surface area contributed by atoms with Crippen LogP contribution in [0.4, 0.5) is 5.69 Å². The highest BCUT2D eigenvalue weighted by molar-refractivity contribution is 7.91. The highest BCUT2D eigenvalue weighted by Crippen LogP contribution is 2.34. The fourth-order valence-corrected chi connectivity index (χ4v) is 4.29. The Balaban J connectivity index is 2.79. The quantitative estimate of drug-likeness (QED) is 0.491. The van der Waals surface area contributed by atoms with Crippen molar-refractivity contribution >= 4 is 21.5 Å². The third kappa shape index (κ3) is 3.37. The van der Waals surface area contributed by atoms with Crippen molar-refractivity contribution in [2.24, 2.45) is 0 Å². The van der Waals surface area contributed by atoms with Crippen LogP contribution in [0.3, 0.4) is 0 Å². The van der Waals surface area contributed by atoms with Gasteiger partial charge < -0.3 is 15.2 Å². The van der Waals surface area contributed by atoms with Crippen LogP contribution >= 0.6 is 0 Å². The third-order valence-corrected chi connectivity index (χ3v) is 5.95. The maximum atomic E-state index is 13.2. The molecule has 0 aliphatic rings. The van der Waals surface area contributed by atoms with E-state index in [0.29, 0.717) is 11.3 Å². The Morgan fingerprint density at radius 2 is 1.85 bits per heavy atom. The minimum atomic E-state index is -4.02. The summed E-state index contributed by atoms with van der Waals surface area (Å²) in [7, 11) is -1.36. The summed E-state index contributed by atoms with van der Waals surface area (Å²) in [4.78, 5) is 12.1. The lowest BCUT2D eigenvalue weighted by Gasteiger charge is -2.17. The Kier molecular flexibility index (Phi) is 5.58. The van der Waals surface area contributed by atoms with E-state index >= 15 is 0 Å². The number of hydrogen-bond acceptors (Lipinski definition) is 6. The second-order valence-electron chi connectivity index (χ2n) is 5.50. The summed E-state index contributed by atoms with van der Waals surface area (Å²) < 4.78 is 36.1. The van der Waals surface area contributed by atoms with Crippen molar-refractivity contribution in [3.05, 3.63) is 47.0 Å². The molecule has 136 valence electrons. The minimum Gasteiger partial charge on any atom is -0.497 e. The van der Waals surface area contributed by atoms with Crippen LogP contribution in [-0.2, 0) is 21.0 Å². The van der Waals surface area contributed by atoms with E-state index in [1.54, 1.807) is 0 Å². The zero-order valence-corrected chi connectivity index (χ0v) is 15.5. The van der Waals surface area contributed by atoms with Gasteiger partial charge >= 0.3 is 5.97 Å². The maximum absolute atomic E-state index is 13.2. The number of rotatable bonds is 5. The van der Waals surface area contributed by atoms with Crippen molar-refractivity contribution in [2.75, 3.05) is 20.0 Å². The number of nitrogens with two attached hydrogens (primary N) is 1. The summed E-state index contributed by atoms with van der Waals surface area (Å²) in [6.07, 6.45) is 5.49. The molecular formula is C19H19NO5S. The first-order valence-electron chi connectivity index (χ1n) is 7.60. The largest absolute Gasteiger partial charge is 0.497 e. The molecule has 0 atom stereocenters. The molecule has 0 amide bonds. The van der Waals surface area contributed by atoms with Gasteiger partial charge in [0, 0.05) is 12.1 Å². The molecule has 0 aliphatic heterocycles. The molecule has 0 fully saturated rings. The van der Waals surface area contributed by atoms with E-state index in [9.17, 15) is 13.2 Å². The van der Waals surface area contributed by atoms with Crippen LogP contribution in [0, 0.1) is 19.3 Å². The van der Waals surface area contributed by atoms with Gasteiger partial charge in [0.25, 0.3) is 0 Å². The molecule has 0 aliphatic carbocycles. The maximum Gasteiger partial charge on any atom is 0.339 e. The molecule has 2 N–H and O–H groups in total. The summed E-state index contributed by atoms with van der Waals surface area (Å²) in [5.74, 6) is 2.18. The van der Waals surface area contributed by atoms with E-state index in [1.165, 1.54) is 51.5 Å². The van der Waals surface area contributed by atoms with Crippen LogP contribution < -0.4 is 10.5 Å². The number of nitrogen functional groups attached to an aromatic ring is 1. The molecule has 0 unspecified atom stereocenters. The fraction of sp³-hybridized carbons (Fsp3) is 0.211. The number of sulfone groups is 1. The topological polar surface area (TPSA) is 95.7 Å². The molecule has 2 aromatic rings. The average Bonchev–Trinajstić information content (AvgIpc) is 2.64. The first-order chi connectivity index (χ1) is 12.3. The molecule has 7 heteroatoms. The van der Waals surface area contributed by atoms with Crippen molar-refractivity contribution in [3.63, 3.8) is 0 Å². The highest BCUT2D eigenvalue weighted by atomic mass is 32.2. The number of ether oxygens (including phenoxy) is 2. The highest BCUT2D eigenvalue weighted by Gasteiger charge is 2.29. The lowest BCUT2D eigenvalue weighted by atomic mass is 10.0. The van der Waals surface area contributed by atoms with Gasteiger partial charge in [-0.2, -0.15) is 0 Å². The van der Waals surface area contributed by atoms with Crippen LogP contribution in [0.25, 0.3) is 0 Å². The Morgan fingerprint density at radius 3 is 2.35 bits per heavy atom. The van der Waals surface area contributed by atoms with Gasteiger partial charge in [0.1, 0.15) is 5.75 Å². The number of methoxy groups -OCH3 is 2. The lowest BCUT2D eigenvalue weighted by molar-refractivity contribution is 0.0596. The van der Waals surface area contributed by atoms with Crippen molar-refractivity contribution in [2.45, 2.75) is 23.1 Å². The standard InChI is InChI=1S/C19H19NO5S/c1-5-6-13-11-16(19(21)25-4)18(12(2)17(13)20)26(22,23)15-9-7-14(24-3)8-10-15/h1,7-11H,6,20H2,2-4H3. The van der Waals surface area contributed by atoms with Gasteiger partial charge in [0.05, 0.1) is 29.6 Å². The number of benzene rings is 2. The van der Waals surface area contributed by atoms with Gasteiger partial charge in [0.15, 0.2) is 0 Å². The molecule has 0 saturated carbocycles. The number of anilines is 1. The molecule has 0 saturated heterocycles. The first kappa shape index (κ1) is 19.3. The summed E-state index contributed by atoms with van der Waals surface area (Å²) >= 11 is 0. The lowest BCUT2D eigenvalue weighted by Crippen LogP contribution is -2.16. The van der Waals surface area contributed by atoms with E-state index in [2.05, 4.69) is 5.92 Å². The zero-order valence-electron chi connectivity index (χ0n) is 14.7. The second-order valence-corrected chi connectivity index (χ2v) is 7.39. The number of esters is 1. The van der Waals surface area contributed by atoms with Crippen LogP contribution in [0.1, 0.15) is 21.5 Å². The Bertz CT molecular complexity index is 986. The Morgan fingerprint density at radius 1 is 1.23 bits per heavy atom. The molecule has 6 nitrogen and oxygen atoms in total. The summed E-state index contributed by atoms with van der Waals surface area (Å²) in [6, 6.07) is 7.23. The van der Waals surface area contributed by atoms with Crippen molar-refractivity contribution in [3.8, 4) is 18.1 Å². The molecule has 26 heavy (non-hydrogen) atoms. The van der Waals surface area contributed by atoms with Crippen LogP contribution in [0.5, 0.6) is 5.75 Å². The van der Waals surface area contributed by atoms with Crippen molar-refractivity contribution in [1.29, 1.82) is 0 Å². The van der Waals surface area contributed by atoms with Crippen LogP contribution in [0.2, 0.25) is 0 Å². The predicted octanol–water partition coefficient (Wildman–Crippen LogP) is 2.38. The Labute approximate surface area is 152 Å². The summed E-state index contributed by atoms with van der Waals surface area (Å²) in [5.41, 5.74) is 6.97. The number of terminal acetylenes is 1. The third-order valence-electron chi connectivity index (χ3n) is 3.99. The van der Waals surface area contributed by atoms with Gasteiger partial charge in [-0.15, -0.1) is 12.3 Å². The summed E-state index contributed by atoms with van der Waals surface area (Å²) in [5, 5.41) is 0. The predicted molar refractivity (Wildman–Crippen MR) is 97.9 cm³/mol. The second kappa shape index (κ2) is 7.50. The summed E-state index contributed by atoms with van der Waals surface area (Å²) in [6.45, 7) is 1.54. The van der Waals surface area contributed by atoms with Gasteiger partial charge in [-0.05, 0) is 48.4 Å². The molecule has 0 spiro atoms. The Hall–Kier alpha value is -2.98. The number of hydrogen-bond donors (Lipinski definition) is 1. The molecule has 2 rings (SSSR count).